The number of nitrogens with zero attached hydrogens (tertiary/aromatic N) is 1. The number of hydrogen-bond donors (Lipinski definition) is 1. The van der Waals surface area contributed by atoms with Gasteiger partial charge in [-0.1, -0.05) is 6.92 Å². The molecule has 1 aromatic carbocycles. The van der Waals surface area contributed by atoms with Crippen LogP contribution in [0.2, 0.25) is 0 Å². The van der Waals surface area contributed by atoms with Crippen molar-refractivity contribution in [2.24, 2.45) is 5.92 Å². The van der Waals surface area contributed by atoms with E-state index in [4.69, 9.17) is 4.74 Å². The van der Waals surface area contributed by atoms with Gasteiger partial charge in [0.25, 0.3) is 0 Å². The number of aliphatic hydroxyl groups excluding tert-OH is 1. The Morgan fingerprint density at radius 3 is 2.70 bits per heavy atom. The Kier molecular flexibility index (Phi) is 4.73. The fraction of sp³-hybridized carbons (Fsp3) is 0.538. The number of rotatable bonds is 3. The number of sulfonamides is 1. The van der Waals surface area contributed by atoms with Crippen LogP contribution in [0.1, 0.15) is 13.3 Å². The molecule has 1 heterocycles. The minimum absolute atomic E-state index is 0.0554. The minimum atomic E-state index is -3.53. The lowest BCUT2D eigenvalue weighted by molar-refractivity contribution is 0.0628. The molecule has 0 amide bonds. The summed E-state index contributed by atoms with van der Waals surface area (Å²) in [6, 6.07) is 4.71. The van der Waals surface area contributed by atoms with Crippen molar-refractivity contribution in [3.05, 3.63) is 22.7 Å². The molecule has 1 aliphatic heterocycles. The van der Waals surface area contributed by atoms with Gasteiger partial charge in [-0.25, -0.2) is 8.42 Å². The third kappa shape index (κ3) is 3.00. The van der Waals surface area contributed by atoms with Crippen LogP contribution in [0.15, 0.2) is 27.6 Å². The standard InChI is InChI=1S/C13H18BrNO4S/c1-9-8-15(6-5-12(9)16)20(17,18)10-3-4-13(19-2)11(14)7-10/h3-4,7,9,12,16H,5-6,8H2,1-2H3. The highest BCUT2D eigenvalue weighted by Gasteiger charge is 2.32. The van der Waals surface area contributed by atoms with Gasteiger partial charge in [-0.05, 0) is 46.5 Å². The minimum Gasteiger partial charge on any atom is -0.496 e. The zero-order valence-electron chi connectivity index (χ0n) is 11.4. The van der Waals surface area contributed by atoms with Gasteiger partial charge < -0.3 is 9.84 Å². The monoisotopic (exact) mass is 363 g/mol. The van der Waals surface area contributed by atoms with Crippen molar-refractivity contribution < 1.29 is 18.3 Å². The van der Waals surface area contributed by atoms with Crippen molar-refractivity contribution in [3.8, 4) is 5.75 Å². The number of piperidine rings is 1. The van der Waals surface area contributed by atoms with Gasteiger partial charge in [-0.2, -0.15) is 4.31 Å². The lowest BCUT2D eigenvalue weighted by Gasteiger charge is -2.33. The number of halogens is 1. The molecular weight excluding hydrogens is 346 g/mol. The van der Waals surface area contributed by atoms with E-state index in [0.717, 1.165) is 0 Å². The highest BCUT2D eigenvalue weighted by Crippen LogP contribution is 2.30. The van der Waals surface area contributed by atoms with Crippen molar-refractivity contribution in [2.75, 3.05) is 20.2 Å². The smallest absolute Gasteiger partial charge is 0.243 e. The molecule has 2 rings (SSSR count). The first-order valence-corrected chi connectivity index (χ1v) is 8.61. The van der Waals surface area contributed by atoms with Crippen LogP contribution >= 0.6 is 15.9 Å². The number of ether oxygens (including phenoxy) is 1. The molecular formula is C13H18BrNO4S. The van der Waals surface area contributed by atoms with Gasteiger partial charge in [0.1, 0.15) is 5.75 Å². The van der Waals surface area contributed by atoms with E-state index >= 15 is 0 Å². The molecule has 2 atom stereocenters. The highest BCUT2D eigenvalue weighted by atomic mass is 79.9. The van der Waals surface area contributed by atoms with Crippen molar-refractivity contribution in [2.45, 2.75) is 24.3 Å². The molecule has 2 unspecified atom stereocenters. The second-order valence-corrected chi connectivity index (χ2v) is 7.78. The fourth-order valence-corrected chi connectivity index (χ4v) is 4.54. The predicted octanol–water partition coefficient (Wildman–Crippen LogP) is 1.85. The number of methoxy groups -OCH3 is 1. The van der Waals surface area contributed by atoms with Gasteiger partial charge in [0.15, 0.2) is 0 Å². The van der Waals surface area contributed by atoms with Gasteiger partial charge in [0, 0.05) is 13.1 Å². The molecule has 20 heavy (non-hydrogen) atoms. The third-order valence-electron chi connectivity index (χ3n) is 3.58. The maximum atomic E-state index is 12.6. The van der Waals surface area contributed by atoms with Crippen LogP contribution in [0, 0.1) is 5.92 Å². The molecule has 112 valence electrons. The van der Waals surface area contributed by atoms with Crippen molar-refractivity contribution in [3.63, 3.8) is 0 Å². The molecule has 1 aliphatic rings. The van der Waals surface area contributed by atoms with Crippen LogP contribution in [0.3, 0.4) is 0 Å². The first-order chi connectivity index (χ1) is 9.36. The van der Waals surface area contributed by atoms with E-state index in [1.807, 2.05) is 6.92 Å². The Morgan fingerprint density at radius 1 is 1.45 bits per heavy atom. The van der Waals surface area contributed by atoms with Crippen LogP contribution in [-0.4, -0.2) is 44.1 Å². The summed E-state index contributed by atoms with van der Waals surface area (Å²) in [4.78, 5) is 0.230. The molecule has 1 saturated heterocycles. The Balaban J connectivity index is 2.29. The molecule has 0 bridgehead atoms. The summed E-state index contributed by atoms with van der Waals surface area (Å²) in [5, 5.41) is 9.70. The molecule has 0 spiro atoms. The SMILES string of the molecule is COc1ccc(S(=O)(=O)N2CCC(O)C(C)C2)cc1Br. The topological polar surface area (TPSA) is 66.8 Å². The van der Waals surface area contributed by atoms with E-state index in [2.05, 4.69) is 15.9 Å². The summed E-state index contributed by atoms with van der Waals surface area (Å²) in [5.41, 5.74) is 0. The second kappa shape index (κ2) is 6.01. The molecule has 0 radical (unpaired) electrons. The van der Waals surface area contributed by atoms with Crippen LogP contribution in [0.25, 0.3) is 0 Å². The summed E-state index contributed by atoms with van der Waals surface area (Å²) in [7, 11) is -2.00. The molecule has 0 aliphatic carbocycles. The van der Waals surface area contributed by atoms with E-state index in [9.17, 15) is 13.5 Å². The predicted molar refractivity (Wildman–Crippen MR) is 79.2 cm³/mol. The molecule has 0 aromatic heterocycles. The summed E-state index contributed by atoms with van der Waals surface area (Å²) >= 11 is 3.30. The molecule has 1 N–H and O–H groups in total. The third-order valence-corrected chi connectivity index (χ3v) is 6.06. The van der Waals surface area contributed by atoms with E-state index in [1.165, 1.54) is 17.5 Å². The van der Waals surface area contributed by atoms with E-state index in [1.54, 1.807) is 12.1 Å². The van der Waals surface area contributed by atoms with E-state index in [-0.39, 0.29) is 10.8 Å². The maximum absolute atomic E-state index is 12.6. The van der Waals surface area contributed by atoms with Crippen LogP contribution < -0.4 is 4.74 Å². The van der Waals surface area contributed by atoms with Crippen LogP contribution in [-0.2, 0) is 10.0 Å². The van der Waals surface area contributed by atoms with E-state index < -0.39 is 16.1 Å². The summed E-state index contributed by atoms with van der Waals surface area (Å²) in [6.45, 7) is 2.54. The second-order valence-electron chi connectivity index (χ2n) is 4.99. The average Bonchev–Trinajstić information content (AvgIpc) is 2.41. The number of hydrogen-bond acceptors (Lipinski definition) is 4. The van der Waals surface area contributed by atoms with Crippen molar-refractivity contribution >= 4 is 26.0 Å². The van der Waals surface area contributed by atoms with E-state index in [0.29, 0.717) is 29.7 Å². The first-order valence-electron chi connectivity index (χ1n) is 6.38. The van der Waals surface area contributed by atoms with Gasteiger partial charge in [0.2, 0.25) is 10.0 Å². The average molecular weight is 364 g/mol. The Hall–Kier alpha value is -0.630. The quantitative estimate of drug-likeness (QED) is 0.889. The summed E-state index contributed by atoms with van der Waals surface area (Å²) in [6.07, 6.45) is 0.0432. The summed E-state index contributed by atoms with van der Waals surface area (Å²) in [5.74, 6) is 0.534. The van der Waals surface area contributed by atoms with Gasteiger partial charge in [0.05, 0.1) is 22.6 Å². The Labute approximate surface area is 127 Å². The van der Waals surface area contributed by atoms with Gasteiger partial charge in [-0.3, -0.25) is 0 Å². The Morgan fingerprint density at radius 2 is 2.15 bits per heavy atom. The maximum Gasteiger partial charge on any atom is 0.243 e. The summed E-state index contributed by atoms with van der Waals surface area (Å²) < 4.78 is 32.3. The van der Waals surface area contributed by atoms with Crippen molar-refractivity contribution in [1.82, 2.24) is 4.31 Å². The molecule has 0 saturated carbocycles. The zero-order valence-corrected chi connectivity index (χ0v) is 13.8. The van der Waals surface area contributed by atoms with Crippen molar-refractivity contribution in [1.29, 1.82) is 0 Å². The molecule has 7 heteroatoms. The molecule has 5 nitrogen and oxygen atoms in total. The first kappa shape index (κ1) is 15.8. The highest BCUT2D eigenvalue weighted by molar-refractivity contribution is 9.10. The number of aliphatic hydroxyl groups is 1. The van der Waals surface area contributed by atoms with Gasteiger partial charge >= 0.3 is 0 Å². The van der Waals surface area contributed by atoms with Gasteiger partial charge in [-0.15, -0.1) is 0 Å². The lowest BCUT2D eigenvalue weighted by atomic mass is 9.99. The molecule has 1 aromatic rings. The zero-order chi connectivity index (χ0) is 14.9. The molecule has 1 fully saturated rings. The normalized spacial score (nSPS) is 24.6. The van der Waals surface area contributed by atoms with Crippen LogP contribution in [0.5, 0.6) is 5.75 Å². The largest absolute Gasteiger partial charge is 0.496 e. The fourth-order valence-electron chi connectivity index (χ4n) is 2.27. The van der Waals surface area contributed by atoms with Crippen LogP contribution in [0.4, 0.5) is 0 Å². The lowest BCUT2D eigenvalue weighted by Crippen LogP contribution is -2.44. The number of benzene rings is 1. The Bertz CT molecular complexity index is 590.